The molecule has 2 aromatic carbocycles. The molecule has 0 saturated heterocycles. The molecular formula is C22H28N2O5S. The van der Waals surface area contributed by atoms with E-state index in [1.165, 1.54) is 0 Å². The van der Waals surface area contributed by atoms with Gasteiger partial charge in [-0.05, 0) is 44.9 Å². The summed E-state index contributed by atoms with van der Waals surface area (Å²) in [4.78, 5) is 13.0. The molecule has 1 heterocycles. The van der Waals surface area contributed by atoms with Gasteiger partial charge in [0, 0.05) is 11.6 Å². The Hall–Kier alpha value is -2.74. The molecule has 1 atom stereocenters. The van der Waals surface area contributed by atoms with Crippen LogP contribution in [0.3, 0.4) is 0 Å². The van der Waals surface area contributed by atoms with Crippen molar-refractivity contribution in [3.63, 3.8) is 0 Å². The van der Waals surface area contributed by atoms with Gasteiger partial charge in [-0.25, -0.2) is 8.42 Å². The third-order valence-electron chi connectivity index (χ3n) is 4.82. The van der Waals surface area contributed by atoms with E-state index in [1.54, 1.807) is 25.1 Å². The lowest BCUT2D eigenvalue weighted by molar-refractivity contribution is -0.123. The second-order valence-electron chi connectivity index (χ2n) is 8.10. The molecule has 162 valence electrons. The van der Waals surface area contributed by atoms with Gasteiger partial charge in [0.2, 0.25) is 15.9 Å². The summed E-state index contributed by atoms with van der Waals surface area (Å²) in [6.45, 7) is 6.24. The van der Waals surface area contributed by atoms with Crippen LogP contribution >= 0.6 is 0 Å². The number of nitrogens with one attached hydrogen (secondary N) is 1. The van der Waals surface area contributed by atoms with E-state index in [-0.39, 0.29) is 5.91 Å². The molecule has 30 heavy (non-hydrogen) atoms. The van der Waals surface area contributed by atoms with Gasteiger partial charge in [-0.1, -0.05) is 30.3 Å². The summed E-state index contributed by atoms with van der Waals surface area (Å²) in [5, 5.41) is 2.99. The molecule has 0 aromatic heterocycles. The van der Waals surface area contributed by atoms with Crippen molar-refractivity contribution in [3.05, 3.63) is 54.1 Å². The number of sulfonamides is 1. The number of benzene rings is 2. The Morgan fingerprint density at radius 3 is 2.37 bits per heavy atom. The van der Waals surface area contributed by atoms with E-state index in [0.29, 0.717) is 36.8 Å². The van der Waals surface area contributed by atoms with Crippen LogP contribution in [0.25, 0.3) is 0 Å². The van der Waals surface area contributed by atoms with Crippen LogP contribution in [0.15, 0.2) is 48.5 Å². The predicted octanol–water partition coefficient (Wildman–Crippen LogP) is 2.75. The van der Waals surface area contributed by atoms with Crippen molar-refractivity contribution in [3.8, 4) is 11.5 Å². The Bertz CT molecular complexity index is 1010. The van der Waals surface area contributed by atoms with E-state index in [2.05, 4.69) is 5.32 Å². The molecule has 8 heteroatoms. The summed E-state index contributed by atoms with van der Waals surface area (Å²) < 4.78 is 37.3. The first-order valence-electron chi connectivity index (χ1n) is 9.82. The molecule has 1 N–H and O–H groups in total. The van der Waals surface area contributed by atoms with Crippen LogP contribution in [0.1, 0.15) is 26.3 Å². The van der Waals surface area contributed by atoms with Crippen LogP contribution in [-0.2, 0) is 21.2 Å². The number of nitrogens with zero attached hydrogens (tertiary/aromatic N) is 1. The molecule has 1 unspecified atom stereocenters. The number of carbonyl (C=O) groups is 1. The number of ether oxygens (including phenoxy) is 2. The molecule has 0 radical (unpaired) electrons. The first-order valence-corrected chi connectivity index (χ1v) is 11.7. The van der Waals surface area contributed by atoms with Gasteiger partial charge in [-0.15, -0.1) is 0 Å². The van der Waals surface area contributed by atoms with Crippen LogP contribution in [0.4, 0.5) is 5.69 Å². The number of amides is 1. The Kier molecular flexibility index (Phi) is 6.26. The number of fused-ring (bicyclic) bond motifs is 1. The third-order valence-corrected chi connectivity index (χ3v) is 6.06. The molecule has 1 aliphatic rings. The molecule has 0 fully saturated rings. The van der Waals surface area contributed by atoms with Gasteiger partial charge >= 0.3 is 0 Å². The zero-order valence-electron chi connectivity index (χ0n) is 17.7. The van der Waals surface area contributed by atoms with Gasteiger partial charge in [-0.2, -0.15) is 0 Å². The second-order valence-corrected chi connectivity index (χ2v) is 9.96. The quantitative estimate of drug-likeness (QED) is 0.727. The van der Waals surface area contributed by atoms with Crippen molar-refractivity contribution in [1.82, 2.24) is 5.32 Å². The van der Waals surface area contributed by atoms with E-state index in [4.69, 9.17) is 9.47 Å². The molecule has 0 spiro atoms. The molecule has 0 aliphatic carbocycles. The fourth-order valence-electron chi connectivity index (χ4n) is 3.57. The zero-order chi connectivity index (χ0) is 21.9. The maximum absolute atomic E-state index is 13.0. The first kappa shape index (κ1) is 22.0. The Balaban J connectivity index is 1.81. The van der Waals surface area contributed by atoms with E-state index >= 15 is 0 Å². The van der Waals surface area contributed by atoms with Crippen LogP contribution in [0.5, 0.6) is 11.5 Å². The van der Waals surface area contributed by atoms with Crippen molar-refractivity contribution in [2.45, 2.75) is 38.8 Å². The lowest BCUT2D eigenvalue weighted by Crippen LogP contribution is -2.54. The van der Waals surface area contributed by atoms with Crippen molar-refractivity contribution in [2.75, 3.05) is 23.8 Å². The standard InChI is InChI=1S/C22H28N2O5S/c1-16(21(25)23-22(2,3)15-17-8-6-5-7-9-17)24(30(4,26)27)18-10-11-19-20(14-18)29-13-12-28-19/h5-11,14,16H,12-13,15H2,1-4H3,(H,23,25). The predicted molar refractivity (Wildman–Crippen MR) is 117 cm³/mol. The molecular weight excluding hydrogens is 404 g/mol. The zero-order valence-corrected chi connectivity index (χ0v) is 18.5. The minimum atomic E-state index is -3.73. The Morgan fingerprint density at radius 2 is 1.73 bits per heavy atom. The second kappa shape index (κ2) is 8.55. The van der Waals surface area contributed by atoms with E-state index < -0.39 is 21.6 Å². The number of anilines is 1. The lowest BCUT2D eigenvalue weighted by atomic mass is 9.94. The molecule has 3 rings (SSSR count). The van der Waals surface area contributed by atoms with E-state index in [0.717, 1.165) is 16.1 Å². The molecule has 0 bridgehead atoms. The van der Waals surface area contributed by atoms with Gasteiger partial charge in [-0.3, -0.25) is 9.10 Å². The average molecular weight is 433 g/mol. The minimum absolute atomic E-state index is 0.352. The molecule has 1 aliphatic heterocycles. The summed E-state index contributed by atoms with van der Waals surface area (Å²) in [6.07, 6.45) is 1.71. The summed E-state index contributed by atoms with van der Waals surface area (Å²) in [6, 6.07) is 13.7. The van der Waals surface area contributed by atoms with Gasteiger partial charge < -0.3 is 14.8 Å². The Labute approximate surface area is 178 Å². The number of hydrogen-bond acceptors (Lipinski definition) is 5. The van der Waals surface area contributed by atoms with Crippen molar-refractivity contribution >= 4 is 21.6 Å². The van der Waals surface area contributed by atoms with Gasteiger partial charge in [0.1, 0.15) is 19.3 Å². The minimum Gasteiger partial charge on any atom is -0.486 e. The highest BCUT2D eigenvalue weighted by molar-refractivity contribution is 7.92. The third kappa shape index (κ3) is 5.24. The highest BCUT2D eigenvalue weighted by atomic mass is 32.2. The van der Waals surface area contributed by atoms with Gasteiger partial charge in [0.15, 0.2) is 11.5 Å². The van der Waals surface area contributed by atoms with Crippen LogP contribution in [0, 0.1) is 0 Å². The maximum atomic E-state index is 13.0. The molecule has 2 aromatic rings. The van der Waals surface area contributed by atoms with Crippen molar-refractivity contribution in [2.24, 2.45) is 0 Å². The van der Waals surface area contributed by atoms with E-state index in [1.807, 2.05) is 44.2 Å². The van der Waals surface area contributed by atoms with Crippen LogP contribution in [0.2, 0.25) is 0 Å². The maximum Gasteiger partial charge on any atom is 0.244 e. The normalized spacial score (nSPS) is 14.7. The fraction of sp³-hybridized carbons (Fsp3) is 0.409. The number of rotatable bonds is 7. The molecule has 1 amide bonds. The highest BCUT2D eigenvalue weighted by Gasteiger charge is 2.33. The number of carbonyl (C=O) groups excluding carboxylic acids is 1. The summed E-state index contributed by atoms with van der Waals surface area (Å²) in [7, 11) is -3.73. The fourth-order valence-corrected chi connectivity index (χ4v) is 4.73. The van der Waals surface area contributed by atoms with Crippen molar-refractivity contribution < 1.29 is 22.7 Å². The first-order chi connectivity index (χ1) is 14.1. The summed E-state index contributed by atoms with van der Waals surface area (Å²) in [5.41, 5.74) is 0.885. The van der Waals surface area contributed by atoms with Crippen molar-refractivity contribution in [1.29, 1.82) is 0 Å². The smallest absolute Gasteiger partial charge is 0.244 e. The summed E-state index contributed by atoms with van der Waals surface area (Å²) in [5.74, 6) is 0.639. The highest BCUT2D eigenvalue weighted by Crippen LogP contribution is 2.35. The SMILES string of the molecule is CC(C(=O)NC(C)(C)Cc1ccccc1)N(c1ccc2c(c1)OCCO2)S(C)(=O)=O. The topological polar surface area (TPSA) is 84.9 Å². The average Bonchev–Trinajstić information content (AvgIpc) is 2.67. The summed E-state index contributed by atoms with van der Waals surface area (Å²) >= 11 is 0. The molecule has 0 saturated carbocycles. The lowest BCUT2D eigenvalue weighted by Gasteiger charge is -2.33. The van der Waals surface area contributed by atoms with Gasteiger partial charge in [0.05, 0.1) is 11.9 Å². The monoisotopic (exact) mass is 432 g/mol. The van der Waals surface area contributed by atoms with Gasteiger partial charge in [0.25, 0.3) is 0 Å². The van der Waals surface area contributed by atoms with Crippen LogP contribution < -0.4 is 19.1 Å². The largest absolute Gasteiger partial charge is 0.486 e. The Morgan fingerprint density at radius 1 is 1.10 bits per heavy atom. The van der Waals surface area contributed by atoms with E-state index in [9.17, 15) is 13.2 Å². The molecule has 7 nitrogen and oxygen atoms in total. The number of hydrogen-bond donors (Lipinski definition) is 1. The van der Waals surface area contributed by atoms with Crippen LogP contribution in [-0.4, -0.2) is 45.4 Å².